The largest absolute Gasteiger partial charge is 0.342 e. The van der Waals surface area contributed by atoms with E-state index < -0.39 is 0 Å². The smallest absolute Gasteiger partial charge is 0.253 e. The van der Waals surface area contributed by atoms with Gasteiger partial charge in [-0.15, -0.1) is 0 Å². The lowest BCUT2D eigenvalue weighted by atomic mass is 9.94. The Morgan fingerprint density at radius 1 is 0.962 bits per heavy atom. The minimum atomic E-state index is 0.0434. The van der Waals surface area contributed by atoms with Crippen LogP contribution in [-0.2, 0) is 4.79 Å². The summed E-state index contributed by atoms with van der Waals surface area (Å²) >= 11 is 0. The predicted octanol–water partition coefficient (Wildman–Crippen LogP) is 1.88. The monoisotopic (exact) mass is 358 g/mol. The van der Waals surface area contributed by atoms with Crippen molar-refractivity contribution in [3.63, 3.8) is 0 Å². The molecular weight excluding hydrogens is 328 g/mol. The van der Waals surface area contributed by atoms with Crippen LogP contribution in [0.2, 0.25) is 0 Å². The third-order valence-electron chi connectivity index (χ3n) is 5.80. The van der Waals surface area contributed by atoms with Gasteiger partial charge in [-0.25, -0.2) is 0 Å². The molecule has 2 aliphatic heterocycles. The van der Waals surface area contributed by atoms with E-state index in [2.05, 4.69) is 28.9 Å². The molecule has 0 spiro atoms. The van der Waals surface area contributed by atoms with Crippen molar-refractivity contribution in [3.05, 3.63) is 30.1 Å². The molecule has 0 aliphatic carbocycles. The molecule has 0 bridgehead atoms. The van der Waals surface area contributed by atoms with Gasteiger partial charge in [0.15, 0.2) is 0 Å². The van der Waals surface area contributed by atoms with Crippen LogP contribution in [-0.4, -0.2) is 77.8 Å². The second-order valence-corrected chi connectivity index (χ2v) is 7.68. The Morgan fingerprint density at radius 3 is 2.27 bits per heavy atom. The molecule has 6 heteroatoms. The minimum absolute atomic E-state index is 0.0434. The SMILES string of the molecule is CN(C)[C@@H]1CCCN(C(=O)C2CCN(C(=O)c3ccncc3)CC2)CC1. The molecule has 0 radical (unpaired) electrons. The summed E-state index contributed by atoms with van der Waals surface area (Å²) in [6.07, 6.45) is 8.11. The highest BCUT2D eigenvalue weighted by molar-refractivity contribution is 5.94. The molecule has 0 N–H and O–H groups in total. The van der Waals surface area contributed by atoms with Crippen LogP contribution in [0.1, 0.15) is 42.5 Å². The summed E-state index contributed by atoms with van der Waals surface area (Å²) in [5, 5.41) is 0. The molecular formula is C20H30N4O2. The number of amides is 2. The maximum atomic E-state index is 12.9. The number of carbonyl (C=O) groups excluding carboxylic acids is 2. The first-order chi connectivity index (χ1) is 12.6. The standard InChI is InChI=1S/C20H30N4O2/c1-22(2)18-4-3-12-23(15-9-18)20(26)17-7-13-24(14-8-17)19(25)16-5-10-21-11-6-16/h5-6,10-11,17-18H,3-4,7-9,12-15H2,1-2H3/t18-/m1/s1. The lowest BCUT2D eigenvalue weighted by molar-refractivity contribution is -0.136. The highest BCUT2D eigenvalue weighted by Crippen LogP contribution is 2.23. The van der Waals surface area contributed by atoms with E-state index >= 15 is 0 Å². The molecule has 0 saturated carbocycles. The fourth-order valence-corrected chi connectivity index (χ4v) is 4.08. The van der Waals surface area contributed by atoms with Crippen molar-refractivity contribution in [1.82, 2.24) is 19.7 Å². The minimum Gasteiger partial charge on any atom is -0.342 e. The Bertz CT molecular complexity index is 611. The molecule has 3 heterocycles. The molecule has 2 amide bonds. The lowest BCUT2D eigenvalue weighted by Crippen LogP contribution is -2.44. The fourth-order valence-electron chi connectivity index (χ4n) is 4.08. The van der Waals surface area contributed by atoms with Crippen molar-refractivity contribution >= 4 is 11.8 Å². The molecule has 6 nitrogen and oxygen atoms in total. The van der Waals surface area contributed by atoms with Crippen molar-refractivity contribution in [2.45, 2.75) is 38.1 Å². The summed E-state index contributed by atoms with van der Waals surface area (Å²) in [6.45, 7) is 3.05. The number of hydrogen-bond acceptors (Lipinski definition) is 4. The normalized spacial score (nSPS) is 22.3. The Kier molecular flexibility index (Phi) is 6.25. The van der Waals surface area contributed by atoms with Gasteiger partial charge >= 0.3 is 0 Å². The number of hydrogen-bond donors (Lipinski definition) is 0. The van der Waals surface area contributed by atoms with Gasteiger partial charge in [0.2, 0.25) is 5.91 Å². The summed E-state index contributed by atoms with van der Waals surface area (Å²) < 4.78 is 0. The van der Waals surface area contributed by atoms with E-state index in [1.807, 2.05) is 4.90 Å². The highest BCUT2D eigenvalue weighted by atomic mass is 16.2. The van der Waals surface area contributed by atoms with Crippen LogP contribution < -0.4 is 0 Å². The molecule has 1 atom stereocenters. The number of nitrogens with zero attached hydrogens (tertiary/aromatic N) is 4. The molecule has 2 saturated heterocycles. The number of pyridine rings is 1. The van der Waals surface area contributed by atoms with E-state index in [4.69, 9.17) is 0 Å². The van der Waals surface area contributed by atoms with Crippen LogP contribution in [0.3, 0.4) is 0 Å². The summed E-state index contributed by atoms with van der Waals surface area (Å²) in [5.41, 5.74) is 0.673. The van der Waals surface area contributed by atoms with Gasteiger partial charge in [-0.3, -0.25) is 14.6 Å². The molecule has 1 aromatic rings. The van der Waals surface area contributed by atoms with E-state index in [9.17, 15) is 9.59 Å². The summed E-state index contributed by atoms with van der Waals surface area (Å²) in [6, 6.07) is 4.07. The van der Waals surface area contributed by atoms with Crippen LogP contribution in [0.25, 0.3) is 0 Å². The van der Waals surface area contributed by atoms with Crippen LogP contribution in [0.4, 0.5) is 0 Å². The van der Waals surface area contributed by atoms with Gasteiger partial charge in [-0.1, -0.05) is 0 Å². The average molecular weight is 358 g/mol. The van der Waals surface area contributed by atoms with Crippen molar-refractivity contribution in [3.8, 4) is 0 Å². The van der Waals surface area contributed by atoms with Gasteiger partial charge in [0.05, 0.1) is 0 Å². The maximum absolute atomic E-state index is 12.9. The zero-order valence-corrected chi connectivity index (χ0v) is 15.9. The third-order valence-corrected chi connectivity index (χ3v) is 5.80. The van der Waals surface area contributed by atoms with E-state index in [1.54, 1.807) is 24.5 Å². The number of aromatic nitrogens is 1. The van der Waals surface area contributed by atoms with Crippen molar-refractivity contribution in [2.75, 3.05) is 40.3 Å². The van der Waals surface area contributed by atoms with E-state index in [0.29, 0.717) is 30.6 Å². The molecule has 2 fully saturated rings. The van der Waals surface area contributed by atoms with Crippen molar-refractivity contribution in [2.24, 2.45) is 5.92 Å². The highest BCUT2D eigenvalue weighted by Gasteiger charge is 2.31. The summed E-state index contributed by atoms with van der Waals surface area (Å²) in [4.78, 5) is 35.6. The van der Waals surface area contributed by atoms with Gasteiger partial charge in [0, 0.05) is 56.1 Å². The first kappa shape index (κ1) is 18.8. The van der Waals surface area contributed by atoms with Crippen LogP contribution in [0.5, 0.6) is 0 Å². The Labute approximate surface area is 156 Å². The Morgan fingerprint density at radius 2 is 1.62 bits per heavy atom. The van der Waals surface area contributed by atoms with Crippen molar-refractivity contribution in [1.29, 1.82) is 0 Å². The van der Waals surface area contributed by atoms with Crippen molar-refractivity contribution < 1.29 is 9.59 Å². The number of carbonyl (C=O) groups is 2. The summed E-state index contributed by atoms with van der Waals surface area (Å²) in [5.74, 6) is 0.398. The summed E-state index contributed by atoms with van der Waals surface area (Å²) in [7, 11) is 4.25. The van der Waals surface area contributed by atoms with Crippen LogP contribution in [0, 0.1) is 5.92 Å². The molecule has 0 aromatic carbocycles. The molecule has 26 heavy (non-hydrogen) atoms. The van der Waals surface area contributed by atoms with Gasteiger partial charge in [0.1, 0.15) is 0 Å². The molecule has 1 aromatic heterocycles. The zero-order chi connectivity index (χ0) is 18.5. The Balaban J connectivity index is 1.51. The zero-order valence-electron chi connectivity index (χ0n) is 15.9. The first-order valence-corrected chi connectivity index (χ1v) is 9.71. The first-order valence-electron chi connectivity index (χ1n) is 9.71. The lowest BCUT2D eigenvalue weighted by Gasteiger charge is -2.34. The molecule has 0 unspecified atom stereocenters. The Hall–Kier alpha value is -1.95. The van der Waals surface area contributed by atoms with Crippen LogP contribution >= 0.6 is 0 Å². The van der Waals surface area contributed by atoms with Gasteiger partial charge in [0.25, 0.3) is 5.91 Å². The second-order valence-electron chi connectivity index (χ2n) is 7.68. The van der Waals surface area contributed by atoms with Gasteiger partial charge in [-0.05, 0) is 58.3 Å². The van der Waals surface area contributed by atoms with E-state index in [0.717, 1.165) is 45.2 Å². The van der Waals surface area contributed by atoms with Gasteiger partial charge < -0.3 is 14.7 Å². The maximum Gasteiger partial charge on any atom is 0.253 e. The molecule has 3 rings (SSSR count). The number of piperidine rings is 1. The molecule has 2 aliphatic rings. The predicted molar refractivity (Wildman–Crippen MR) is 101 cm³/mol. The second kappa shape index (κ2) is 8.62. The topological polar surface area (TPSA) is 56.8 Å². The van der Waals surface area contributed by atoms with E-state index in [-0.39, 0.29) is 11.8 Å². The quantitative estimate of drug-likeness (QED) is 0.828. The average Bonchev–Trinajstić information content (AvgIpc) is 2.94. The number of likely N-dealkylation sites (tertiary alicyclic amines) is 2. The number of rotatable bonds is 3. The van der Waals surface area contributed by atoms with Crippen LogP contribution in [0.15, 0.2) is 24.5 Å². The van der Waals surface area contributed by atoms with Gasteiger partial charge in [-0.2, -0.15) is 0 Å². The fraction of sp³-hybridized carbons (Fsp3) is 0.650. The molecule has 142 valence electrons. The van der Waals surface area contributed by atoms with E-state index in [1.165, 1.54) is 0 Å². The third kappa shape index (κ3) is 4.41.